The van der Waals surface area contributed by atoms with Crippen LogP contribution in [0.1, 0.15) is 39.0 Å². The lowest BCUT2D eigenvalue weighted by molar-refractivity contribution is 0.0875. The molecule has 1 fully saturated rings. The number of carbonyl (C=O) groups excluding carboxylic acids is 1. The molecule has 31 heavy (non-hydrogen) atoms. The van der Waals surface area contributed by atoms with Crippen LogP contribution < -0.4 is 0 Å². The summed E-state index contributed by atoms with van der Waals surface area (Å²) in [6.45, 7) is 0. The third-order valence-electron chi connectivity index (χ3n) is 6.24. The average Bonchev–Trinajstić information content (AvgIpc) is 3.43. The normalized spacial score (nSPS) is 22.8. The quantitative estimate of drug-likeness (QED) is 0.534. The number of rotatable bonds is 3. The first kappa shape index (κ1) is 19.2. The van der Waals surface area contributed by atoms with Gasteiger partial charge in [0.2, 0.25) is 0 Å². The number of ketones is 1. The molecule has 0 aliphatic carbocycles. The van der Waals surface area contributed by atoms with E-state index in [-0.39, 0.29) is 5.78 Å². The highest BCUT2D eigenvalue weighted by atomic mass is 32.1. The average molecular weight is 425 g/mol. The fourth-order valence-corrected chi connectivity index (χ4v) is 5.60. The Labute approximate surface area is 183 Å². The highest BCUT2D eigenvalue weighted by molar-refractivity contribution is 7.08. The van der Waals surface area contributed by atoms with Crippen LogP contribution in [0.4, 0.5) is 4.39 Å². The molecule has 5 rings (SSSR count). The lowest BCUT2D eigenvalue weighted by atomic mass is 9.68. The van der Waals surface area contributed by atoms with Gasteiger partial charge in [-0.3, -0.25) is 4.79 Å². The van der Waals surface area contributed by atoms with Crippen LogP contribution in [0.15, 0.2) is 71.6 Å². The molecule has 2 aromatic carbocycles. The standard InChI is InChI=1S/C25H16FN3OS/c26-19-7-5-17(6-8-19)23(30)22-21(18-10-12-31-13-18)25(14-27,15-28)24-20-4-2-1-3-16(20)9-11-29(22)24/h1-13,21-22,24H/t21-,22+,24-/m0/s1. The third kappa shape index (κ3) is 2.73. The summed E-state index contributed by atoms with van der Waals surface area (Å²) in [6.07, 6.45) is 3.72. The van der Waals surface area contributed by atoms with E-state index in [0.29, 0.717) is 5.56 Å². The highest BCUT2D eigenvalue weighted by Crippen LogP contribution is 2.60. The maximum absolute atomic E-state index is 13.7. The SMILES string of the molecule is N#CC1(C#N)[C@@H]2c3ccccc3C=CN2[C@@H](C(=O)c2ccc(F)cc2)[C@@H]1c1ccsc1. The van der Waals surface area contributed by atoms with Crippen LogP contribution in [-0.2, 0) is 0 Å². The zero-order chi connectivity index (χ0) is 21.6. The molecule has 4 nitrogen and oxygen atoms in total. The Balaban J connectivity index is 1.75. The minimum absolute atomic E-state index is 0.238. The van der Waals surface area contributed by atoms with E-state index in [4.69, 9.17) is 0 Å². The lowest BCUT2D eigenvalue weighted by Crippen LogP contribution is -2.37. The molecule has 6 heteroatoms. The van der Waals surface area contributed by atoms with E-state index in [9.17, 15) is 19.7 Å². The molecule has 1 aromatic heterocycles. The van der Waals surface area contributed by atoms with Crippen molar-refractivity contribution in [2.45, 2.75) is 18.0 Å². The summed E-state index contributed by atoms with van der Waals surface area (Å²) in [7, 11) is 0. The van der Waals surface area contributed by atoms with Crippen molar-refractivity contribution in [3.63, 3.8) is 0 Å². The summed E-state index contributed by atoms with van der Waals surface area (Å²) in [4.78, 5) is 15.6. The molecule has 150 valence electrons. The van der Waals surface area contributed by atoms with E-state index in [1.54, 1.807) is 0 Å². The van der Waals surface area contributed by atoms with Gasteiger partial charge < -0.3 is 4.90 Å². The molecule has 0 bridgehead atoms. The smallest absolute Gasteiger partial charge is 0.185 e. The van der Waals surface area contributed by atoms with Crippen LogP contribution in [0.25, 0.3) is 6.08 Å². The van der Waals surface area contributed by atoms with E-state index in [1.165, 1.54) is 35.6 Å². The van der Waals surface area contributed by atoms with E-state index < -0.39 is 29.2 Å². The predicted octanol–water partition coefficient (Wildman–Crippen LogP) is 5.30. The molecular formula is C25H16FN3OS. The topological polar surface area (TPSA) is 67.9 Å². The van der Waals surface area contributed by atoms with Crippen LogP contribution in [0.5, 0.6) is 0 Å². The van der Waals surface area contributed by atoms with Crippen molar-refractivity contribution < 1.29 is 9.18 Å². The van der Waals surface area contributed by atoms with Crippen LogP contribution >= 0.6 is 11.3 Å². The molecule has 1 saturated heterocycles. The molecule has 0 N–H and O–H groups in total. The largest absolute Gasteiger partial charge is 0.357 e. The Morgan fingerprint density at radius 1 is 1.06 bits per heavy atom. The van der Waals surface area contributed by atoms with E-state index >= 15 is 0 Å². The molecule has 3 heterocycles. The van der Waals surface area contributed by atoms with Gasteiger partial charge in [-0.05, 0) is 63.9 Å². The number of nitriles is 2. The van der Waals surface area contributed by atoms with Crippen molar-refractivity contribution in [2.75, 3.05) is 0 Å². The summed E-state index contributed by atoms with van der Waals surface area (Å²) in [5.74, 6) is -1.32. The highest BCUT2D eigenvalue weighted by Gasteiger charge is 2.63. The van der Waals surface area contributed by atoms with Crippen molar-refractivity contribution in [1.82, 2.24) is 4.90 Å². The molecule has 3 atom stereocenters. The lowest BCUT2D eigenvalue weighted by Gasteiger charge is -2.34. The van der Waals surface area contributed by atoms with Crippen LogP contribution in [0.2, 0.25) is 0 Å². The molecular weight excluding hydrogens is 409 g/mol. The summed E-state index contributed by atoms with van der Waals surface area (Å²) in [5.41, 5.74) is 1.45. The number of hydrogen-bond acceptors (Lipinski definition) is 5. The zero-order valence-electron chi connectivity index (χ0n) is 16.3. The van der Waals surface area contributed by atoms with Crippen LogP contribution in [0, 0.1) is 33.9 Å². The number of benzene rings is 2. The second kappa shape index (κ2) is 7.19. The zero-order valence-corrected chi connectivity index (χ0v) is 17.1. The van der Waals surface area contributed by atoms with Crippen molar-refractivity contribution >= 4 is 23.2 Å². The van der Waals surface area contributed by atoms with Gasteiger partial charge in [0.1, 0.15) is 11.9 Å². The number of halogens is 1. The minimum Gasteiger partial charge on any atom is -0.357 e. The number of thiophene rings is 1. The van der Waals surface area contributed by atoms with Gasteiger partial charge in [0.25, 0.3) is 0 Å². The number of nitrogens with zero attached hydrogens (tertiary/aromatic N) is 3. The van der Waals surface area contributed by atoms with Crippen LogP contribution in [0.3, 0.4) is 0 Å². The Bertz CT molecular complexity index is 1250. The molecule has 0 amide bonds. The Morgan fingerprint density at radius 3 is 2.48 bits per heavy atom. The first-order chi connectivity index (χ1) is 15.1. The maximum Gasteiger partial charge on any atom is 0.185 e. The van der Waals surface area contributed by atoms with Crippen molar-refractivity contribution in [3.8, 4) is 12.1 Å². The van der Waals surface area contributed by atoms with Gasteiger partial charge in [-0.1, -0.05) is 24.3 Å². The van der Waals surface area contributed by atoms with Gasteiger partial charge >= 0.3 is 0 Å². The molecule has 2 aliphatic heterocycles. The van der Waals surface area contributed by atoms with Crippen molar-refractivity contribution in [2.24, 2.45) is 5.41 Å². The predicted molar refractivity (Wildman–Crippen MR) is 115 cm³/mol. The van der Waals surface area contributed by atoms with Crippen molar-refractivity contribution in [1.29, 1.82) is 10.5 Å². The van der Waals surface area contributed by atoms with Gasteiger partial charge in [0, 0.05) is 17.7 Å². The Kier molecular flexibility index (Phi) is 4.46. The number of hydrogen-bond donors (Lipinski definition) is 0. The summed E-state index contributed by atoms with van der Waals surface area (Å²) >= 11 is 1.46. The Hall–Kier alpha value is -3.74. The molecule has 2 aliphatic rings. The monoisotopic (exact) mass is 425 g/mol. The summed E-state index contributed by atoms with van der Waals surface area (Å²) in [5, 5.41) is 24.5. The molecule has 0 saturated carbocycles. The van der Waals surface area contributed by atoms with Gasteiger partial charge in [-0.15, -0.1) is 0 Å². The van der Waals surface area contributed by atoms with Crippen molar-refractivity contribution in [3.05, 3.63) is 99.6 Å². The van der Waals surface area contributed by atoms with E-state index in [0.717, 1.165) is 16.7 Å². The van der Waals surface area contributed by atoms with Gasteiger partial charge in [0.15, 0.2) is 11.2 Å². The molecule has 0 radical (unpaired) electrons. The van der Waals surface area contributed by atoms with E-state index in [1.807, 2.05) is 58.3 Å². The van der Waals surface area contributed by atoms with E-state index in [2.05, 4.69) is 12.1 Å². The Morgan fingerprint density at radius 2 is 1.81 bits per heavy atom. The number of fused-ring (bicyclic) bond motifs is 3. The first-order valence-electron chi connectivity index (χ1n) is 9.79. The third-order valence-corrected chi connectivity index (χ3v) is 6.94. The maximum atomic E-state index is 13.7. The van der Waals surface area contributed by atoms with Gasteiger partial charge in [0.05, 0.1) is 18.2 Å². The summed E-state index contributed by atoms with van der Waals surface area (Å²) < 4.78 is 13.5. The second-order valence-electron chi connectivity index (χ2n) is 7.74. The molecule has 0 unspecified atom stereocenters. The summed E-state index contributed by atoms with van der Waals surface area (Å²) in [6, 6.07) is 18.2. The minimum atomic E-state index is -1.47. The number of Topliss-reactive ketones (excluding diaryl/α,β-unsaturated/α-hetero) is 1. The first-order valence-corrected chi connectivity index (χ1v) is 10.7. The molecule has 0 spiro atoms. The van der Waals surface area contributed by atoms with Gasteiger partial charge in [-0.2, -0.15) is 21.9 Å². The van der Waals surface area contributed by atoms with Gasteiger partial charge in [-0.25, -0.2) is 4.39 Å². The molecule has 3 aromatic rings. The fraction of sp³-hybridized carbons (Fsp3) is 0.160. The van der Waals surface area contributed by atoms with Crippen LogP contribution in [-0.4, -0.2) is 16.7 Å². The second-order valence-corrected chi connectivity index (χ2v) is 8.52. The number of carbonyl (C=O) groups is 1. The fourth-order valence-electron chi connectivity index (χ4n) is 4.90.